The van der Waals surface area contributed by atoms with Gasteiger partial charge in [-0.3, -0.25) is 0 Å². The second kappa shape index (κ2) is 18.1. The van der Waals surface area contributed by atoms with Gasteiger partial charge in [0.2, 0.25) is 0 Å². The Balaban J connectivity index is 1.36. The van der Waals surface area contributed by atoms with Crippen molar-refractivity contribution in [2.75, 3.05) is 4.90 Å². The molecule has 0 amide bonds. The van der Waals surface area contributed by atoms with E-state index in [0.717, 1.165) is 0 Å². The number of anilines is 3. The topological polar surface area (TPSA) is 3.24 Å². The minimum absolute atomic E-state index is 0.936. The summed E-state index contributed by atoms with van der Waals surface area (Å²) in [5, 5.41) is 11.9. The van der Waals surface area contributed by atoms with Gasteiger partial charge in [-0.15, -0.1) is 0 Å². The zero-order valence-corrected chi connectivity index (χ0v) is 34.7. The van der Waals surface area contributed by atoms with Crippen molar-refractivity contribution in [2.45, 2.75) is 0 Å². The number of hydrogen-bond acceptors (Lipinski definition) is 1. The maximum absolute atomic E-state index is 2.61. The smallest absolute Gasteiger partial charge is 0.0545 e. The summed E-state index contributed by atoms with van der Waals surface area (Å²) < 4.78 is 0. The van der Waals surface area contributed by atoms with E-state index in [4.69, 9.17) is 0 Å². The summed E-state index contributed by atoms with van der Waals surface area (Å²) in [7, 11) is -2.81. The highest BCUT2D eigenvalue weighted by Gasteiger charge is 2.31. The zero-order chi connectivity index (χ0) is 38.9. The standard InChI is InChI=1S/C54H42NP3/c1-7-25-43(26-8-1)56(44-27-9-2-10-28-44)52-40-22-19-37-49(52)55(50-38-20-23-41-53(50)57(45-29-11-3-12-30-45)46-31-13-4-14-32-46)51-39-21-24-42-54(51)58(47-33-15-5-16-34-47)48-35-17-6-18-36-48/h1-42H. The predicted octanol–water partition coefficient (Wildman–Crippen LogP) is 10.4. The fraction of sp³-hybridized carbons (Fsp3) is 0. The number of hydrogen-bond donors (Lipinski definition) is 0. The van der Waals surface area contributed by atoms with Crippen LogP contribution in [0.2, 0.25) is 0 Å². The van der Waals surface area contributed by atoms with E-state index in [1.54, 1.807) is 0 Å². The van der Waals surface area contributed by atoms with Crippen LogP contribution in [0, 0.1) is 0 Å². The van der Waals surface area contributed by atoms with E-state index in [1.165, 1.54) is 64.8 Å². The van der Waals surface area contributed by atoms with Gasteiger partial charge in [0.15, 0.2) is 0 Å². The Morgan fingerprint density at radius 3 is 0.569 bits per heavy atom. The van der Waals surface area contributed by atoms with Gasteiger partial charge >= 0.3 is 0 Å². The van der Waals surface area contributed by atoms with Crippen LogP contribution in [0.15, 0.2) is 255 Å². The highest BCUT2D eigenvalue weighted by atomic mass is 31.1. The molecular formula is C54H42NP3. The minimum Gasteiger partial charge on any atom is -0.308 e. The molecule has 0 aliphatic carbocycles. The van der Waals surface area contributed by atoms with Gasteiger partial charge in [-0.1, -0.05) is 237 Å². The molecule has 1 nitrogen and oxygen atoms in total. The highest BCUT2D eigenvalue weighted by molar-refractivity contribution is 7.81. The number of benzene rings is 9. The van der Waals surface area contributed by atoms with Gasteiger partial charge < -0.3 is 4.90 Å². The third kappa shape index (κ3) is 7.96. The predicted molar refractivity (Wildman–Crippen MR) is 257 cm³/mol. The van der Waals surface area contributed by atoms with Crippen molar-refractivity contribution in [2.24, 2.45) is 0 Å². The van der Waals surface area contributed by atoms with E-state index in [9.17, 15) is 0 Å². The van der Waals surface area contributed by atoms with Crippen LogP contribution in [0.1, 0.15) is 0 Å². The van der Waals surface area contributed by atoms with E-state index in [1.807, 2.05) is 0 Å². The van der Waals surface area contributed by atoms with Crippen molar-refractivity contribution in [3.8, 4) is 0 Å². The molecule has 0 unspecified atom stereocenters. The summed E-state index contributed by atoms with van der Waals surface area (Å²) in [5.41, 5.74) is 3.56. The van der Waals surface area contributed by atoms with Gasteiger partial charge in [0, 0.05) is 15.9 Å². The molecule has 58 heavy (non-hydrogen) atoms. The van der Waals surface area contributed by atoms with Crippen LogP contribution < -0.4 is 52.6 Å². The van der Waals surface area contributed by atoms with Crippen LogP contribution in [-0.2, 0) is 0 Å². The van der Waals surface area contributed by atoms with Crippen molar-refractivity contribution in [1.29, 1.82) is 0 Å². The molecule has 0 spiro atoms. The first-order valence-electron chi connectivity index (χ1n) is 19.6. The molecule has 9 aromatic carbocycles. The average molecular weight is 798 g/mol. The molecule has 0 saturated heterocycles. The Hall–Kier alpha value is -5.93. The van der Waals surface area contributed by atoms with Gasteiger partial charge in [0.1, 0.15) is 0 Å². The Kier molecular flexibility index (Phi) is 11.8. The fourth-order valence-corrected chi connectivity index (χ4v) is 15.0. The maximum atomic E-state index is 2.61. The average Bonchev–Trinajstić information content (AvgIpc) is 3.30. The van der Waals surface area contributed by atoms with Crippen LogP contribution in [-0.4, -0.2) is 0 Å². The monoisotopic (exact) mass is 797 g/mol. The molecule has 0 saturated carbocycles. The number of para-hydroxylation sites is 3. The third-order valence-corrected chi connectivity index (χ3v) is 17.6. The van der Waals surface area contributed by atoms with Gasteiger partial charge in [0.25, 0.3) is 0 Å². The summed E-state index contributed by atoms with van der Waals surface area (Å²) in [6.07, 6.45) is 0. The van der Waals surface area contributed by atoms with Gasteiger partial charge in [-0.2, -0.15) is 0 Å². The van der Waals surface area contributed by atoms with Crippen molar-refractivity contribution >= 4 is 88.6 Å². The summed E-state index contributed by atoms with van der Waals surface area (Å²) in [5.74, 6) is 0. The lowest BCUT2D eigenvalue weighted by molar-refractivity contribution is 1.32. The number of nitrogens with zero attached hydrogens (tertiary/aromatic N) is 1. The largest absolute Gasteiger partial charge is 0.308 e. The quantitative estimate of drug-likeness (QED) is 0.111. The van der Waals surface area contributed by atoms with Crippen molar-refractivity contribution < 1.29 is 0 Å². The molecule has 9 aromatic rings. The van der Waals surface area contributed by atoms with E-state index in [0.29, 0.717) is 0 Å². The molecule has 278 valence electrons. The molecule has 0 N–H and O–H groups in total. The first kappa shape index (κ1) is 37.6. The summed E-state index contributed by atoms with van der Waals surface area (Å²) in [6, 6.07) is 94.0. The summed E-state index contributed by atoms with van der Waals surface area (Å²) in [4.78, 5) is 2.61. The van der Waals surface area contributed by atoms with Crippen LogP contribution >= 0.6 is 23.8 Å². The molecule has 4 heteroatoms. The highest BCUT2D eigenvalue weighted by Crippen LogP contribution is 2.47. The second-order valence-corrected chi connectivity index (χ2v) is 20.4. The van der Waals surface area contributed by atoms with Crippen LogP contribution in [0.4, 0.5) is 17.1 Å². The van der Waals surface area contributed by atoms with Crippen molar-refractivity contribution in [3.63, 3.8) is 0 Å². The molecule has 0 aliphatic heterocycles. The first-order chi connectivity index (χ1) is 28.8. The van der Waals surface area contributed by atoms with E-state index in [-0.39, 0.29) is 0 Å². The Labute approximate surface area is 346 Å². The molecular weight excluding hydrogens is 756 g/mol. The lowest BCUT2D eigenvalue weighted by Gasteiger charge is -2.36. The molecule has 0 fully saturated rings. The SMILES string of the molecule is c1ccc(P(c2ccccc2)c2ccccc2N(c2ccccc2P(c2ccccc2)c2ccccc2)c2ccccc2P(c2ccccc2)c2ccccc2)cc1. The van der Waals surface area contributed by atoms with Crippen LogP contribution in [0.3, 0.4) is 0 Å². The van der Waals surface area contributed by atoms with Gasteiger partial charge in [0.05, 0.1) is 17.1 Å². The van der Waals surface area contributed by atoms with Crippen LogP contribution in [0.25, 0.3) is 0 Å². The Morgan fingerprint density at radius 1 is 0.190 bits per heavy atom. The van der Waals surface area contributed by atoms with Crippen molar-refractivity contribution in [1.82, 2.24) is 0 Å². The Morgan fingerprint density at radius 2 is 0.362 bits per heavy atom. The van der Waals surface area contributed by atoms with E-state index >= 15 is 0 Å². The normalized spacial score (nSPS) is 11.2. The molecule has 0 heterocycles. The van der Waals surface area contributed by atoms with Gasteiger partial charge in [-0.05, 0) is 73.8 Å². The molecule has 9 rings (SSSR count). The zero-order valence-electron chi connectivity index (χ0n) is 32.0. The molecule has 0 radical (unpaired) electrons. The third-order valence-electron chi connectivity index (χ3n) is 10.2. The lowest BCUT2D eigenvalue weighted by Crippen LogP contribution is -2.32. The number of rotatable bonds is 12. The first-order valence-corrected chi connectivity index (χ1v) is 23.7. The van der Waals surface area contributed by atoms with Gasteiger partial charge in [-0.25, -0.2) is 0 Å². The summed E-state index contributed by atoms with van der Waals surface area (Å²) in [6.45, 7) is 0. The molecule has 0 aliphatic rings. The van der Waals surface area contributed by atoms with E-state index < -0.39 is 23.8 Å². The Bertz CT molecular complexity index is 2260. The fourth-order valence-electron chi connectivity index (χ4n) is 7.66. The maximum Gasteiger partial charge on any atom is 0.0545 e. The van der Waals surface area contributed by atoms with E-state index in [2.05, 4.69) is 260 Å². The molecule has 0 bridgehead atoms. The second-order valence-electron chi connectivity index (χ2n) is 13.8. The summed E-state index contributed by atoms with van der Waals surface area (Å²) >= 11 is 0. The lowest BCUT2D eigenvalue weighted by atomic mass is 10.2. The van der Waals surface area contributed by atoms with Crippen molar-refractivity contribution in [3.05, 3.63) is 255 Å². The minimum atomic E-state index is -0.936. The molecule has 0 atom stereocenters. The molecule has 0 aromatic heterocycles. The van der Waals surface area contributed by atoms with Crippen LogP contribution in [0.5, 0.6) is 0 Å².